The fraction of sp³-hybridized carbons (Fsp3) is 0.105. The molecule has 0 atom stereocenters. The van der Waals surface area contributed by atoms with E-state index >= 15 is 0 Å². The van der Waals surface area contributed by atoms with Gasteiger partial charge >= 0.3 is 0 Å². The number of hydrogen-bond acceptors (Lipinski definition) is 4. The summed E-state index contributed by atoms with van der Waals surface area (Å²) in [4.78, 5) is 24.0. The first-order valence-electron chi connectivity index (χ1n) is 7.68. The van der Waals surface area contributed by atoms with E-state index in [1.165, 1.54) is 6.21 Å². The molecule has 0 spiro atoms. The first kappa shape index (κ1) is 16.4. The van der Waals surface area contributed by atoms with E-state index in [0.717, 1.165) is 15.4 Å². The fourth-order valence-corrected chi connectivity index (χ4v) is 2.86. The molecular weight excluding hydrogens is 318 g/mol. The molecule has 3 rings (SSSR count). The molecule has 0 aliphatic carbocycles. The number of pyridine rings is 1. The number of phenolic OH excluding ortho intramolecular Hbond substituents is 1. The number of primary amides is 1. The third-order valence-corrected chi connectivity index (χ3v) is 4.06. The number of amides is 1. The molecule has 0 radical (unpaired) electrons. The Morgan fingerprint density at radius 1 is 1.20 bits per heavy atom. The van der Waals surface area contributed by atoms with Crippen molar-refractivity contribution in [3.8, 4) is 5.75 Å². The number of aromatic hydroxyl groups is 1. The zero-order valence-electron chi connectivity index (χ0n) is 13.9. The maximum Gasteiger partial charge on any atom is 0.284 e. The first-order chi connectivity index (χ1) is 11.9. The molecule has 3 aromatic rings. The summed E-state index contributed by atoms with van der Waals surface area (Å²) in [6.07, 6.45) is 1.41. The Morgan fingerprint density at radius 3 is 2.64 bits per heavy atom. The van der Waals surface area contributed by atoms with Crippen LogP contribution in [0.5, 0.6) is 5.75 Å². The molecule has 0 saturated heterocycles. The summed E-state index contributed by atoms with van der Waals surface area (Å²) in [6.45, 7) is 3.36. The third kappa shape index (κ3) is 2.89. The number of carbonyl (C=O) groups is 1. The summed E-state index contributed by atoms with van der Waals surface area (Å²) < 4.78 is 1.11. The number of nitrogens with two attached hydrogens (primary N) is 1. The van der Waals surface area contributed by atoms with Crippen LogP contribution in [0.25, 0.3) is 10.8 Å². The van der Waals surface area contributed by atoms with E-state index in [2.05, 4.69) is 5.10 Å². The Labute approximate surface area is 143 Å². The Morgan fingerprint density at radius 2 is 1.92 bits per heavy atom. The summed E-state index contributed by atoms with van der Waals surface area (Å²) >= 11 is 0. The van der Waals surface area contributed by atoms with E-state index in [1.807, 2.05) is 24.3 Å². The maximum atomic E-state index is 12.5. The van der Waals surface area contributed by atoms with Crippen molar-refractivity contribution in [1.29, 1.82) is 0 Å². The lowest BCUT2D eigenvalue weighted by Gasteiger charge is -2.09. The largest absolute Gasteiger partial charge is 0.507 e. The van der Waals surface area contributed by atoms with Gasteiger partial charge in [-0.15, -0.1) is 0 Å². The van der Waals surface area contributed by atoms with Crippen LogP contribution >= 0.6 is 0 Å². The topological polar surface area (TPSA) is 97.7 Å². The predicted molar refractivity (Wildman–Crippen MR) is 97.3 cm³/mol. The van der Waals surface area contributed by atoms with E-state index < -0.39 is 11.5 Å². The van der Waals surface area contributed by atoms with Crippen molar-refractivity contribution in [3.05, 3.63) is 75.2 Å². The number of fused-ring (bicyclic) bond motifs is 1. The number of phenols is 1. The Balaban J connectivity index is 2.19. The van der Waals surface area contributed by atoms with Gasteiger partial charge in [-0.1, -0.05) is 30.3 Å². The molecule has 0 aliphatic heterocycles. The zero-order chi connectivity index (χ0) is 18.1. The molecule has 0 fully saturated rings. The normalized spacial score (nSPS) is 11.3. The van der Waals surface area contributed by atoms with E-state index in [4.69, 9.17) is 5.73 Å². The molecule has 3 N–H and O–H groups in total. The Bertz CT molecular complexity index is 1080. The fourth-order valence-electron chi connectivity index (χ4n) is 2.86. The van der Waals surface area contributed by atoms with Crippen LogP contribution in [-0.4, -0.2) is 21.9 Å². The minimum atomic E-state index is -0.792. The number of benzene rings is 2. The summed E-state index contributed by atoms with van der Waals surface area (Å²) in [6, 6.07) is 12.6. The maximum absolute atomic E-state index is 12.5. The van der Waals surface area contributed by atoms with E-state index in [9.17, 15) is 14.7 Å². The second-order valence-electron chi connectivity index (χ2n) is 5.79. The van der Waals surface area contributed by atoms with Gasteiger partial charge in [-0.3, -0.25) is 9.59 Å². The van der Waals surface area contributed by atoms with Gasteiger partial charge in [0.05, 0.1) is 6.21 Å². The molecule has 0 bridgehead atoms. The molecule has 25 heavy (non-hydrogen) atoms. The molecule has 6 nitrogen and oxygen atoms in total. The number of hydrogen-bond donors (Lipinski definition) is 2. The second-order valence-corrected chi connectivity index (χ2v) is 5.79. The van der Waals surface area contributed by atoms with Gasteiger partial charge < -0.3 is 10.8 Å². The van der Waals surface area contributed by atoms with Crippen molar-refractivity contribution in [2.45, 2.75) is 13.8 Å². The van der Waals surface area contributed by atoms with Crippen molar-refractivity contribution in [2.24, 2.45) is 10.8 Å². The molecule has 0 unspecified atom stereocenters. The first-order valence-corrected chi connectivity index (χ1v) is 7.68. The molecule has 1 aromatic heterocycles. The quantitative estimate of drug-likeness (QED) is 0.719. The number of nitrogens with zero attached hydrogens (tertiary/aromatic N) is 2. The molecule has 0 saturated carbocycles. The van der Waals surface area contributed by atoms with Crippen molar-refractivity contribution < 1.29 is 9.90 Å². The Hall–Kier alpha value is -3.41. The molecule has 6 heteroatoms. The number of aryl methyl sites for hydroxylation is 2. The highest BCUT2D eigenvalue weighted by Gasteiger charge is 2.14. The molecule has 126 valence electrons. The minimum absolute atomic E-state index is 0.0513. The van der Waals surface area contributed by atoms with Gasteiger partial charge in [0.1, 0.15) is 11.3 Å². The van der Waals surface area contributed by atoms with E-state index in [-0.39, 0.29) is 11.3 Å². The third-order valence-electron chi connectivity index (χ3n) is 4.06. The van der Waals surface area contributed by atoms with E-state index in [1.54, 1.807) is 32.0 Å². The van der Waals surface area contributed by atoms with Crippen LogP contribution in [0.2, 0.25) is 0 Å². The lowest BCUT2D eigenvalue weighted by atomic mass is 10.0. The van der Waals surface area contributed by atoms with Gasteiger partial charge in [-0.25, -0.2) is 4.68 Å². The lowest BCUT2D eigenvalue weighted by molar-refractivity contribution is 0.0997. The van der Waals surface area contributed by atoms with Gasteiger partial charge in [-0.05, 0) is 42.3 Å². The van der Waals surface area contributed by atoms with Crippen molar-refractivity contribution in [2.75, 3.05) is 0 Å². The van der Waals surface area contributed by atoms with E-state index in [0.29, 0.717) is 16.8 Å². The molecule has 1 heterocycles. The smallest absolute Gasteiger partial charge is 0.284 e. The van der Waals surface area contributed by atoms with Gasteiger partial charge in [0.2, 0.25) is 0 Å². The second kappa shape index (κ2) is 6.24. The van der Waals surface area contributed by atoms with Crippen LogP contribution in [0.1, 0.15) is 27.2 Å². The van der Waals surface area contributed by atoms with Crippen LogP contribution in [-0.2, 0) is 0 Å². The van der Waals surface area contributed by atoms with Crippen LogP contribution in [0.15, 0.2) is 52.4 Å². The van der Waals surface area contributed by atoms with Crippen molar-refractivity contribution in [1.82, 2.24) is 4.68 Å². The summed E-state index contributed by atoms with van der Waals surface area (Å²) in [5.74, 6) is -0.741. The highest BCUT2D eigenvalue weighted by Crippen LogP contribution is 2.25. The minimum Gasteiger partial charge on any atom is -0.507 e. The van der Waals surface area contributed by atoms with Crippen LogP contribution in [0.3, 0.4) is 0 Å². The average molecular weight is 335 g/mol. The number of carbonyl (C=O) groups excluding carboxylic acids is 1. The predicted octanol–water partition coefficient (Wildman–Crippen LogP) is 2.31. The zero-order valence-corrected chi connectivity index (χ0v) is 13.9. The lowest BCUT2D eigenvalue weighted by Crippen LogP contribution is -2.30. The Kier molecular flexibility index (Phi) is 4.10. The standard InChI is InChI=1S/C19H17N3O3/c1-11-9-12(2)22(19(25)17(11)18(20)24)21-10-15-14-6-4-3-5-13(14)7-8-16(15)23/h3-10,23H,1-2H3,(H2,20,24). The van der Waals surface area contributed by atoms with Crippen LogP contribution < -0.4 is 11.3 Å². The van der Waals surface area contributed by atoms with Gasteiger partial charge in [0.15, 0.2) is 0 Å². The molecule has 0 aliphatic rings. The number of rotatable bonds is 3. The molecule has 2 aromatic carbocycles. The highest BCUT2D eigenvalue weighted by atomic mass is 16.3. The molecular formula is C19H17N3O3. The van der Waals surface area contributed by atoms with Crippen molar-refractivity contribution in [3.63, 3.8) is 0 Å². The van der Waals surface area contributed by atoms with Crippen LogP contribution in [0, 0.1) is 13.8 Å². The van der Waals surface area contributed by atoms with Gasteiger partial charge in [0.25, 0.3) is 11.5 Å². The van der Waals surface area contributed by atoms with Crippen molar-refractivity contribution >= 4 is 22.9 Å². The monoisotopic (exact) mass is 335 g/mol. The molecule has 1 amide bonds. The van der Waals surface area contributed by atoms with Crippen LogP contribution in [0.4, 0.5) is 0 Å². The summed E-state index contributed by atoms with van der Waals surface area (Å²) in [7, 11) is 0. The number of aromatic nitrogens is 1. The summed E-state index contributed by atoms with van der Waals surface area (Å²) in [5.41, 5.74) is 6.18. The summed E-state index contributed by atoms with van der Waals surface area (Å²) in [5, 5.41) is 16.1. The van der Waals surface area contributed by atoms with Gasteiger partial charge in [-0.2, -0.15) is 5.10 Å². The van der Waals surface area contributed by atoms with Gasteiger partial charge in [0, 0.05) is 11.3 Å². The average Bonchev–Trinajstić information content (AvgIpc) is 2.55. The SMILES string of the molecule is Cc1cc(C)n(N=Cc2c(O)ccc3ccccc23)c(=O)c1C(N)=O. The highest BCUT2D eigenvalue weighted by molar-refractivity contribution is 6.02.